The summed E-state index contributed by atoms with van der Waals surface area (Å²) in [5.41, 5.74) is 0. The van der Waals surface area contributed by atoms with E-state index in [1.165, 1.54) is 0 Å². The Balaban J connectivity index is 2.43. The van der Waals surface area contributed by atoms with Crippen molar-refractivity contribution in [3.05, 3.63) is 0 Å². The van der Waals surface area contributed by atoms with Crippen LogP contribution in [-0.2, 0) is 0 Å². The van der Waals surface area contributed by atoms with E-state index in [2.05, 4.69) is 0 Å². The molecular formula is C12H24O4. The molecule has 4 unspecified atom stereocenters. The summed E-state index contributed by atoms with van der Waals surface area (Å²) in [5, 5.41) is 38.5. The lowest BCUT2D eigenvalue weighted by Gasteiger charge is -2.23. The maximum atomic E-state index is 9.62. The second-order valence-electron chi connectivity index (χ2n) is 4.84. The van der Waals surface area contributed by atoms with E-state index in [-0.39, 0.29) is 0 Å². The molecule has 1 saturated carbocycles. The highest BCUT2D eigenvalue weighted by atomic mass is 16.3. The molecule has 0 aromatic rings. The van der Waals surface area contributed by atoms with Gasteiger partial charge in [-0.2, -0.15) is 0 Å². The molecule has 1 fully saturated rings. The first-order valence-electron chi connectivity index (χ1n) is 6.33. The summed E-state index contributed by atoms with van der Waals surface area (Å²) in [4.78, 5) is 0. The Morgan fingerprint density at radius 3 is 1.12 bits per heavy atom. The quantitative estimate of drug-likeness (QED) is 0.492. The Hall–Kier alpha value is -0.160. The highest BCUT2D eigenvalue weighted by molar-refractivity contribution is 4.74. The molecule has 1 rings (SSSR count). The minimum Gasteiger partial charge on any atom is -0.390 e. The molecule has 1 aliphatic carbocycles. The third-order valence-electron chi connectivity index (χ3n) is 3.40. The van der Waals surface area contributed by atoms with Crippen molar-refractivity contribution in [1.82, 2.24) is 0 Å². The SMILES string of the molecule is OC1CCCCCCC(O)C(O)CCC1O. The van der Waals surface area contributed by atoms with Crippen molar-refractivity contribution in [2.75, 3.05) is 0 Å². The van der Waals surface area contributed by atoms with Crippen LogP contribution < -0.4 is 0 Å². The average molecular weight is 232 g/mol. The molecule has 0 amide bonds. The van der Waals surface area contributed by atoms with Gasteiger partial charge in [0.05, 0.1) is 24.4 Å². The first kappa shape index (κ1) is 13.9. The molecule has 0 aromatic heterocycles. The van der Waals surface area contributed by atoms with E-state index >= 15 is 0 Å². The summed E-state index contributed by atoms with van der Waals surface area (Å²) in [6.07, 6.45) is 2.85. The van der Waals surface area contributed by atoms with E-state index in [9.17, 15) is 20.4 Å². The highest BCUT2D eigenvalue weighted by Crippen LogP contribution is 2.18. The van der Waals surface area contributed by atoms with E-state index < -0.39 is 24.4 Å². The van der Waals surface area contributed by atoms with Gasteiger partial charge >= 0.3 is 0 Å². The molecule has 0 aliphatic heterocycles. The van der Waals surface area contributed by atoms with Crippen LogP contribution >= 0.6 is 0 Å². The van der Waals surface area contributed by atoms with Gasteiger partial charge in [0, 0.05) is 0 Å². The van der Waals surface area contributed by atoms with Crippen molar-refractivity contribution >= 4 is 0 Å². The van der Waals surface area contributed by atoms with Crippen LogP contribution in [0.4, 0.5) is 0 Å². The summed E-state index contributed by atoms with van der Waals surface area (Å²) in [5.74, 6) is 0. The summed E-state index contributed by atoms with van der Waals surface area (Å²) in [7, 11) is 0. The standard InChI is InChI=1S/C12H24O4/c13-9-5-3-1-2-4-6-10(14)12(16)8-7-11(9)15/h9-16H,1-8H2. The molecule has 4 atom stereocenters. The first-order chi connectivity index (χ1) is 7.61. The second kappa shape index (κ2) is 7.22. The lowest BCUT2D eigenvalue weighted by atomic mass is 9.95. The number of rotatable bonds is 0. The molecule has 0 saturated heterocycles. The molecule has 0 aromatic carbocycles. The Morgan fingerprint density at radius 1 is 0.438 bits per heavy atom. The van der Waals surface area contributed by atoms with Crippen molar-refractivity contribution in [2.45, 2.75) is 75.8 Å². The summed E-state index contributed by atoms with van der Waals surface area (Å²) < 4.78 is 0. The number of hydrogen-bond acceptors (Lipinski definition) is 4. The van der Waals surface area contributed by atoms with Crippen molar-refractivity contribution in [2.24, 2.45) is 0 Å². The van der Waals surface area contributed by atoms with Crippen molar-refractivity contribution < 1.29 is 20.4 Å². The molecular weight excluding hydrogens is 208 g/mol. The number of hydrogen-bond donors (Lipinski definition) is 4. The fraction of sp³-hybridized carbons (Fsp3) is 1.00. The normalized spacial score (nSPS) is 39.8. The monoisotopic (exact) mass is 232 g/mol. The Kier molecular flexibility index (Phi) is 6.28. The predicted molar refractivity (Wildman–Crippen MR) is 61.0 cm³/mol. The van der Waals surface area contributed by atoms with Crippen LogP contribution in [0.25, 0.3) is 0 Å². The fourth-order valence-corrected chi connectivity index (χ4v) is 2.17. The first-order valence-corrected chi connectivity index (χ1v) is 6.33. The summed E-state index contributed by atoms with van der Waals surface area (Å²) in [6, 6.07) is 0. The zero-order valence-corrected chi connectivity index (χ0v) is 9.76. The molecule has 0 heterocycles. The fourth-order valence-electron chi connectivity index (χ4n) is 2.17. The smallest absolute Gasteiger partial charge is 0.0800 e. The zero-order valence-electron chi connectivity index (χ0n) is 9.76. The van der Waals surface area contributed by atoms with Crippen LogP contribution in [0.3, 0.4) is 0 Å². The summed E-state index contributed by atoms with van der Waals surface area (Å²) >= 11 is 0. The highest BCUT2D eigenvalue weighted by Gasteiger charge is 2.21. The van der Waals surface area contributed by atoms with Gasteiger partial charge in [0.2, 0.25) is 0 Å². The van der Waals surface area contributed by atoms with Crippen LogP contribution in [0, 0.1) is 0 Å². The average Bonchev–Trinajstić information content (AvgIpc) is 2.27. The van der Waals surface area contributed by atoms with Crippen LogP contribution in [-0.4, -0.2) is 44.8 Å². The van der Waals surface area contributed by atoms with Crippen molar-refractivity contribution in [1.29, 1.82) is 0 Å². The van der Waals surface area contributed by atoms with Gasteiger partial charge in [0.1, 0.15) is 0 Å². The maximum absolute atomic E-state index is 9.62. The molecule has 0 bridgehead atoms. The van der Waals surface area contributed by atoms with Crippen molar-refractivity contribution in [3.8, 4) is 0 Å². The molecule has 96 valence electrons. The van der Waals surface area contributed by atoms with Gasteiger partial charge in [-0.3, -0.25) is 0 Å². The van der Waals surface area contributed by atoms with Crippen LogP contribution in [0.2, 0.25) is 0 Å². The Labute approximate surface area is 96.9 Å². The van der Waals surface area contributed by atoms with Crippen molar-refractivity contribution in [3.63, 3.8) is 0 Å². The zero-order chi connectivity index (χ0) is 12.0. The molecule has 4 heteroatoms. The van der Waals surface area contributed by atoms with E-state index in [4.69, 9.17) is 0 Å². The Morgan fingerprint density at radius 2 is 0.750 bits per heavy atom. The van der Waals surface area contributed by atoms with Gasteiger partial charge in [-0.05, 0) is 25.7 Å². The third kappa shape index (κ3) is 4.78. The van der Waals surface area contributed by atoms with Crippen LogP contribution in [0.15, 0.2) is 0 Å². The van der Waals surface area contributed by atoms with Gasteiger partial charge < -0.3 is 20.4 Å². The molecule has 1 aliphatic rings. The van der Waals surface area contributed by atoms with E-state index in [1.54, 1.807) is 0 Å². The largest absolute Gasteiger partial charge is 0.390 e. The summed E-state index contributed by atoms with van der Waals surface area (Å²) in [6.45, 7) is 0. The molecule has 4 N–H and O–H groups in total. The van der Waals surface area contributed by atoms with E-state index in [1.807, 2.05) is 0 Å². The lowest BCUT2D eigenvalue weighted by Crippen LogP contribution is -2.31. The minimum absolute atomic E-state index is 0.347. The second-order valence-corrected chi connectivity index (χ2v) is 4.84. The van der Waals surface area contributed by atoms with Gasteiger partial charge in [0.25, 0.3) is 0 Å². The maximum Gasteiger partial charge on any atom is 0.0800 e. The molecule has 4 nitrogen and oxygen atoms in total. The molecule has 0 radical (unpaired) electrons. The Bertz CT molecular complexity index is 166. The van der Waals surface area contributed by atoms with Gasteiger partial charge in [0.15, 0.2) is 0 Å². The van der Waals surface area contributed by atoms with Gasteiger partial charge in [-0.15, -0.1) is 0 Å². The molecule has 0 spiro atoms. The van der Waals surface area contributed by atoms with E-state index in [0.29, 0.717) is 25.7 Å². The number of aliphatic hydroxyl groups is 4. The topological polar surface area (TPSA) is 80.9 Å². The minimum atomic E-state index is -0.777. The van der Waals surface area contributed by atoms with Crippen LogP contribution in [0.1, 0.15) is 51.4 Å². The predicted octanol–water partition coefficient (Wildman–Crippen LogP) is 0.564. The van der Waals surface area contributed by atoms with Gasteiger partial charge in [-0.1, -0.05) is 25.7 Å². The lowest BCUT2D eigenvalue weighted by molar-refractivity contribution is -0.0253. The van der Waals surface area contributed by atoms with Gasteiger partial charge in [-0.25, -0.2) is 0 Å². The van der Waals surface area contributed by atoms with E-state index in [0.717, 1.165) is 25.7 Å². The number of aliphatic hydroxyl groups excluding tert-OH is 4. The third-order valence-corrected chi connectivity index (χ3v) is 3.40. The molecule has 16 heavy (non-hydrogen) atoms. The van der Waals surface area contributed by atoms with Crippen LogP contribution in [0.5, 0.6) is 0 Å².